The molecule has 1 aromatic rings. The molecule has 128 valence electrons. The second kappa shape index (κ2) is 7.29. The van der Waals surface area contributed by atoms with E-state index in [4.69, 9.17) is 33.7 Å². The lowest BCUT2D eigenvalue weighted by molar-refractivity contribution is 0.0150. The van der Waals surface area contributed by atoms with Gasteiger partial charge in [-0.05, 0) is 57.2 Å². The summed E-state index contributed by atoms with van der Waals surface area (Å²) in [5, 5.41) is 1.14. The van der Waals surface area contributed by atoms with Crippen LogP contribution in [0.3, 0.4) is 0 Å². The molecule has 1 heterocycles. The van der Waals surface area contributed by atoms with E-state index in [2.05, 4.69) is 0 Å². The molecule has 2 atom stereocenters. The van der Waals surface area contributed by atoms with Gasteiger partial charge in [0.1, 0.15) is 5.60 Å². The van der Waals surface area contributed by atoms with E-state index >= 15 is 0 Å². The number of ether oxygens (including phenoxy) is 1. The molecule has 23 heavy (non-hydrogen) atoms. The lowest BCUT2D eigenvalue weighted by Gasteiger charge is -2.39. The Morgan fingerprint density at radius 1 is 1.39 bits per heavy atom. The van der Waals surface area contributed by atoms with Gasteiger partial charge in [-0.2, -0.15) is 0 Å². The van der Waals surface area contributed by atoms with Crippen LogP contribution in [-0.4, -0.2) is 36.2 Å². The fourth-order valence-corrected chi connectivity index (χ4v) is 3.43. The molecule has 0 aliphatic carbocycles. The van der Waals surface area contributed by atoms with Crippen molar-refractivity contribution in [3.05, 3.63) is 33.8 Å². The molecule has 1 saturated heterocycles. The number of hydrogen-bond acceptors (Lipinski definition) is 3. The average molecular weight is 359 g/mol. The third-order valence-electron chi connectivity index (χ3n) is 4.07. The van der Waals surface area contributed by atoms with Crippen molar-refractivity contribution in [1.29, 1.82) is 0 Å². The normalized spacial score (nSPS) is 22.1. The third kappa shape index (κ3) is 4.52. The number of rotatable bonds is 2. The molecule has 0 radical (unpaired) electrons. The van der Waals surface area contributed by atoms with Crippen molar-refractivity contribution in [2.45, 2.75) is 38.7 Å². The van der Waals surface area contributed by atoms with Gasteiger partial charge >= 0.3 is 6.09 Å². The second-order valence-electron chi connectivity index (χ2n) is 6.96. The SMILES string of the molecule is CC(C)(C)OC(=O)N1CCC(c2cccc(Cl)c2Cl)C(CN)C1. The summed E-state index contributed by atoms with van der Waals surface area (Å²) in [6.45, 7) is 7.27. The maximum Gasteiger partial charge on any atom is 0.410 e. The molecule has 0 aromatic heterocycles. The quantitative estimate of drug-likeness (QED) is 0.857. The third-order valence-corrected chi connectivity index (χ3v) is 4.90. The van der Waals surface area contributed by atoms with E-state index in [9.17, 15) is 4.79 Å². The Morgan fingerprint density at radius 3 is 2.70 bits per heavy atom. The predicted octanol–water partition coefficient (Wildman–Crippen LogP) is 4.29. The average Bonchev–Trinajstić information content (AvgIpc) is 2.48. The van der Waals surface area contributed by atoms with Crippen LogP contribution in [-0.2, 0) is 4.74 Å². The summed E-state index contributed by atoms with van der Waals surface area (Å²) in [5.41, 5.74) is 6.47. The number of nitrogens with two attached hydrogens (primary N) is 1. The molecule has 6 heteroatoms. The molecule has 0 saturated carbocycles. The first-order valence-corrected chi connectivity index (χ1v) is 8.60. The van der Waals surface area contributed by atoms with E-state index in [0.29, 0.717) is 29.7 Å². The topological polar surface area (TPSA) is 55.6 Å². The smallest absolute Gasteiger partial charge is 0.410 e. The van der Waals surface area contributed by atoms with Gasteiger partial charge in [0.25, 0.3) is 0 Å². The summed E-state index contributed by atoms with van der Waals surface area (Å²) < 4.78 is 5.45. The fraction of sp³-hybridized carbons (Fsp3) is 0.588. The summed E-state index contributed by atoms with van der Waals surface area (Å²) in [7, 11) is 0. The van der Waals surface area contributed by atoms with E-state index < -0.39 is 5.60 Å². The van der Waals surface area contributed by atoms with Crippen LogP contribution in [0.5, 0.6) is 0 Å². The van der Waals surface area contributed by atoms with Crippen molar-refractivity contribution >= 4 is 29.3 Å². The van der Waals surface area contributed by atoms with Crippen LogP contribution in [0.4, 0.5) is 4.79 Å². The lowest BCUT2D eigenvalue weighted by atomic mass is 9.80. The molecule has 2 unspecified atom stereocenters. The zero-order valence-electron chi connectivity index (χ0n) is 13.8. The highest BCUT2D eigenvalue weighted by Crippen LogP contribution is 2.39. The summed E-state index contributed by atoms with van der Waals surface area (Å²) in [5.74, 6) is 0.331. The van der Waals surface area contributed by atoms with E-state index in [0.717, 1.165) is 12.0 Å². The Bertz CT molecular complexity index is 572. The number of likely N-dealkylation sites (tertiary alicyclic amines) is 1. The minimum atomic E-state index is -0.498. The molecule has 1 aromatic carbocycles. The monoisotopic (exact) mass is 358 g/mol. The van der Waals surface area contributed by atoms with Gasteiger partial charge in [-0.1, -0.05) is 35.3 Å². The maximum atomic E-state index is 12.3. The van der Waals surface area contributed by atoms with Crippen molar-refractivity contribution in [3.63, 3.8) is 0 Å². The Hall–Kier alpha value is -0.970. The zero-order valence-corrected chi connectivity index (χ0v) is 15.3. The number of nitrogens with zero attached hydrogens (tertiary/aromatic N) is 1. The predicted molar refractivity (Wildman–Crippen MR) is 94.2 cm³/mol. The molecule has 1 fully saturated rings. The minimum Gasteiger partial charge on any atom is -0.444 e. The summed E-state index contributed by atoms with van der Waals surface area (Å²) >= 11 is 12.5. The Balaban J connectivity index is 2.13. The van der Waals surface area contributed by atoms with Crippen LogP contribution in [0.2, 0.25) is 10.0 Å². The molecule has 0 bridgehead atoms. The summed E-state index contributed by atoms with van der Waals surface area (Å²) in [6.07, 6.45) is 0.507. The van der Waals surface area contributed by atoms with Gasteiger partial charge in [0.15, 0.2) is 0 Å². The largest absolute Gasteiger partial charge is 0.444 e. The highest BCUT2D eigenvalue weighted by atomic mass is 35.5. The van der Waals surface area contributed by atoms with Gasteiger partial charge in [0, 0.05) is 13.1 Å². The van der Waals surface area contributed by atoms with E-state index in [1.807, 2.05) is 32.9 Å². The zero-order chi connectivity index (χ0) is 17.2. The van der Waals surface area contributed by atoms with Gasteiger partial charge in [-0.15, -0.1) is 0 Å². The maximum absolute atomic E-state index is 12.3. The number of piperidine rings is 1. The fourth-order valence-electron chi connectivity index (χ4n) is 2.98. The number of carbonyl (C=O) groups is 1. The number of carbonyl (C=O) groups excluding carboxylic acids is 1. The van der Waals surface area contributed by atoms with Crippen molar-refractivity contribution < 1.29 is 9.53 Å². The van der Waals surface area contributed by atoms with E-state index in [1.54, 1.807) is 11.0 Å². The van der Waals surface area contributed by atoms with Crippen LogP contribution in [0.1, 0.15) is 38.7 Å². The summed E-state index contributed by atoms with van der Waals surface area (Å²) in [4.78, 5) is 14.0. The molecule has 4 nitrogen and oxygen atoms in total. The molecular formula is C17H24Cl2N2O2. The van der Waals surface area contributed by atoms with Crippen LogP contribution < -0.4 is 5.73 Å². The molecule has 2 N–H and O–H groups in total. The molecule has 1 aliphatic rings. The number of halogens is 2. The molecular weight excluding hydrogens is 335 g/mol. The lowest BCUT2D eigenvalue weighted by Crippen LogP contribution is -2.47. The van der Waals surface area contributed by atoms with Crippen LogP contribution in [0.25, 0.3) is 0 Å². The summed E-state index contributed by atoms with van der Waals surface area (Å²) in [6, 6.07) is 5.67. The number of amides is 1. The molecule has 0 spiro atoms. The first-order chi connectivity index (χ1) is 10.7. The van der Waals surface area contributed by atoms with E-state index in [1.165, 1.54) is 0 Å². The van der Waals surface area contributed by atoms with Crippen molar-refractivity contribution in [2.24, 2.45) is 11.7 Å². The Kier molecular flexibility index (Phi) is 5.82. The number of hydrogen-bond donors (Lipinski definition) is 1. The van der Waals surface area contributed by atoms with Crippen LogP contribution >= 0.6 is 23.2 Å². The first-order valence-electron chi connectivity index (χ1n) is 7.85. The van der Waals surface area contributed by atoms with Crippen molar-refractivity contribution in [1.82, 2.24) is 4.90 Å². The molecule has 1 amide bonds. The van der Waals surface area contributed by atoms with Crippen LogP contribution in [0, 0.1) is 5.92 Å². The van der Waals surface area contributed by atoms with Gasteiger partial charge in [0.2, 0.25) is 0 Å². The van der Waals surface area contributed by atoms with E-state index in [-0.39, 0.29) is 17.9 Å². The van der Waals surface area contributed by atoms with Crippen molar-refractivity contribution in [3.8, 4) is 0 Å². The van der Waals surface area contributed by atoms with Gasteiger partial charge < -0.3 is 15.4 Å². The standard InChI is InChI=1S/C17H24Cl2N2O2/c1-17(2,3)23-16(22)21-8-7-12(11(9-20)10-21)13-5-4-6-14(18)15(13)19/h4-6,11-12H,7-10,20H2,1-3H3. The van der Waals surface area contributed by atoms with Crippen LogP contribution in [0.15, 0.2) is 18.2 Å². The van der Waals surface area contributed by atoms with Crippen molar-refractivity contribution in [2.75, 3.05) is 19.6 Å². The highest BCUT2D eigenvalue weighted by Gasteiger charge is 2.34. The second-order valence-corrected chi connectivity index (χ2v) is 7.75. The first kappa shape index (κ1) is 18.4. The van der Waals surface area contributed by atoms with Gasteiger partial charge in [0.05, 0.1) is 10.0 Å². The number of benzene rings is 1. The Labute approximate surface area is 147 Å². The Morgan fingerprint density at radius 2 is 2.09 bits per heavy atom. The minimum absolute atomic E-state index is 0.132. The van der Waals surface area contributed by atoms with Gasteiger partial charge in [-0.3, -0.25) is 0 Å². The van der Waals surface area contributed by atoms with Gasteiger partial charge in [-0.25, -0.2) is 4.79 Å². The molecule has 2 rings (SSSR count). The molecule has 1 aliphatic heterocycles. The highest BCUT2D eigenvalue weighted by molar-refractivity contribution is 6.42.